The summed E-state index contributed by atoms with van der Waals surface area (Å²) in [5, 5.41) is 5.43. The highest BCUT2D eigenvalue weighted by atomic mass is 19.3. The lowest BCUT2D eigenvalue weighted by Crippen LogP contribution is -2.21. The second-order valence-corrected chi connectivity index (χ2v) is 3.68. The van der Waals surface area contributed by atoms with Crippen LogP contribution in [0.5, 0.6) is 5.75 Å². The van der Waals surface area contributed by atoms with Crippen LogP contribution in [-0.2, 0) is 4.79 Å². The Morgan fingerprint density at radius 1 is 1.42 bits per heavy atom. The highest BCUT2D eigenvalue weighted by Crippen LogP contribution is 2.22. The number of ether oxygens (including phenoxy) is 1. The van der Waals surface area contributed by atoms with Crippen molar-refractivity contribution in [2.75, 3.05) is 18.4 Å². The lowest BCUT2D eigenvalue weighted by Gasteiger charge is -2.09. The summed E-state index contributed by atoms with van der Waals surface area (Å²) in [5.41, 5.74) is 0.195. The van der Waals surface area contributed by atoms with Crippen LogP contribution in [0.3, 0.4) is 0 Å². The van der Waals surface area contributed by atoms with Gasteiger partial charge in [0.25, 0.3) is 0 Å². The first-order valence-corrected chi connectivity index (χ1v) is 5.78. The number of hydrogen-bond donors (Lipinski definition) is 2. The van der Waals surface area contributed by atoms with Gasteiger partial charge in [0.05, 0.1) is 0 Å². The van der Waals surface area contributed by atoms with Crippen LogP contribution in [0.15, 0.2) is 18.2 Å². The van der Waals surface area contributed by atoms with Crippen LogP contribution in [0.1, 0.15) is 13.3 Å². The van der Waals surface area contributed by atoms with Gasteiger partial charge in [0.15, 0.2) is 11.6 Å². The number of amides is 1. The molecule has 0 aliphatic heterocycles. The molecule has 1 amide bonds. The zero-order valence-electron chi connectivity index (χ0n) is 10.4. The zero-order chi connectivity index (χ0) is 14.3. The van der Waals surface area contributed by atoms with Gasteiger partial charge in [0.2, 0.25) is 5.91 Å². The molecule has 0 spiro atoms. The maximum atomic E-state index is 13.3. The molecule has 0 radical (unpaired) electrons. The Kier molecular flexibility index (Phi) is 6.14. The number of benzene rings is 1. The van der Waals surface area contributed by atoms with Gasteiger partial charge in [0, 0.05) is 24.7 Å². The van der Waals surface area contributed by atoms with Gasteiger partial charge < -0.3 is 15.4 Å². The molecule has 0 bridgehead atoms. The number of hydrogen-bond acceptors (Lipinski definition) is 3. The number of halogens is 3. The maximum absolute atomic E-state index is 13.3. The van der Waals surface area contributed by atoms with E-state index in [-0.39, 0.29) is 18.0 Å². The summed E-state index contributed by atoms with van der Waals surface area (Å²) in [5.74, 6) is -1.80. The van der Waals surface area contributed by atoms with Crippen LogP contribution in [-0.4, -0.2) is 25.6 Å². The predicted octanol–water partition coefficient (Wildman–Crippen LogP) is 2.37. The quantitative estimate of drug-likeness (QED) is 0.752. The number of anilines is 1. The Hall–Kier alpha value is -1.76. The summed E-state index contributed by atoms with van der Waals surface area (Å²) >= 11 is 0. The van der Waals surface area contributed by atoms with Crippen LogP contribution in [0.4, 0.5) is 18.9 Å². The van der Waals surface area contributed by atoms with Crippen molar-refractivity contribution < 1.29 is 22.7 Å². The topological polar surface area (TPSA) is 50.4 Å². The summed E-state index contributed by atoms with van der Waals surface area (Å²) < 4.78 is 41.1. The van der Waals surface area contributed by atoms with Crippen LogP contribution in [0.25, 0.3) is 0 Å². The molecule has 19 heavy (non-hydrogen) atoms. The summed E-state index contributed by atoms with van der Waals surface area (Å²) in [6, 6.07) is 3.27. The molecule has 0 atom stereocenters. The van der Waals surface area contributed by atoms with Crippen molar-refractivity contribution in [2.45, 2.75) is 20.0 Å². The Morgan fingerprint density at radius 2 is 2.16 bits per heavy atom. The average molecular weight is 276 g/mol. The molecular formula is C12H15F3N2O2. The van der Waals surface area contributed by atoms with Crippen molar-refractivity contribution in [1.82, 2.24) is 5.32 Å². The minimum absolute atomic E-state index is 0.195. The molecule has 0 aromatic heterocycles. The first-order valence-electron chi connectivity index (χ1n) is 5.78. The third-order valence-corrected chi connectivity index (χ3v) is 2.21. The minimum atomic E-state index is -3.09. The zero-order valence-corrected chi connectivity index (χ0v) is 10.4. The van der Waals surface area contributed by atoms with Crippen LogP contribution >= 0.6 is 0 Å². The first-order chi connectivity index (χ1) is 9.02. The van der Waals surface area contributed by atoms with Gasteiger partial charge >= 0.3 is 6.61 Å². The Bertz CT molecular complexity index is 427. The lowest BCUT2D eigenvalue weighted by molar-refractivity contribution is -0.116. The van der Waals surface area contributed by atoms with E-state index in [1.54, 1.807) is 0 Å². The van der Waals surface area contributed by atoms with E-state index >= 15 is 0 Å². The SMILES string of the molecule is CCNCCC(=O)Nc1ccc(OC(F)F)c(F)c1. The third-order valence-electron chi connectivity index (χ3n) is 2.21. The van der Waals surface area contributed by atoms with Gasteiger partial charge in [-0.15, -0.1) is 0 Å². The monoisotopic (exact) mass is 276 g/mol. The molecule has 4 nitrogen and oxygen atoms in total. The van der Waals surface area contributed by atoms with Gasteiger partial charge in [-0.1, -0.05) is 6.92 Å². The minimum Gasteiger partial charge on any atom is -0.432 e. The van der Waals surface area contributed by atoms with E-state index < -0.39 is 18.2 Å². The van der Waals surface area contributed by atoms with Gasteiger partial charge in [-0.05, 0) is 18.7 Å². The molecule has 0 aliphatic carbocycles. The highest BCUT2D eigenvalue weighted by Gasteiger charge is 2.11. The molecule has 0 fully saturated rings. The molecule has 1 rings (SSSR count). The van der Waals surface area contributed by atoms with Crippen LogP contribution in [0, 0.1) is 5.82 Å². The normalized spacial score (nSPS) is 10.6. The molecule has 0 heterocycles. The molecule has 7 heteroatoms. The van der Waals surface area contributed by atoms with Gasteiger partial charge in [0.1, 0.15) is 0 Å². The summed E-state index contributed by atoms with van der Waals surface area (Å²) in [7, 11) is 0. The number of rotatable bonds is 7. The fourth-order valence-electron chi connectivity index (χ4n) is 1.37. The number of carbonyl (C=O) groups is 1. The summed E-state index contributed by atoms with van der Waals surface area (Å²) in [6.07, 6.45) is 0.241. The van der Waals surface area contributed by atoms with E-state index in [0.29, 0.717) is 6.54 Å². The fourth-order valence-corrected chi connectivity index (χ4v) is 1.37. The van der Waals surface area contributed by atoms with E-state index in [2.05, 4.69) is 15.4 Å². The Labute approximate surface area is 108 Å². The molecule has 1 aromatic carbocycles. The highest BCUT2D eigenvalue weighted by molar-refractivity contribution is 5.90. The molecular weight excluding hydrogens is 261 g/mol. The number of nitrogens with one attached hydrogen (secondary N) is 2. The molecule has 0 unspecified atom stereocenters. The summed E-state index contributed by atoms with van der Waals surface area (Å²) in [6.45, 7) is 0.0867. The van der Waals surface area contributed by atoms with E-state index in [0.717, 1.165) is 18.7 Å². The van der Waals surface area contributed by atoms with Gasteiger partial charge in [-0.2, -0.15) is 8.78 Å². The van der Waals surface area contributed by atoms with Crippen LogP contribution < -0.4 is 15.4 Å². The lowest BCUT2D eigenvalue weighted by atomic mass is 10.2. The second-order valence-electron chi connectivity index (χ2n) is 3.68. The van der Waals surface area contributed by atoms with Crippen molar-refractivity contribution in [3.05, 3.63) is 24.0 Å². The van der Waals surface area contributed by atoms with E-state index in [9.17, 15) is 18.0 Å². The number of carbonyl (C=O) groups excluding carboxylic acids is 1. The molecule has 0 aliphatic rings. The molecule has 106 valence electrons. The van der Waals surface area contributed by atoms with E-state index in [1.807, 2.05) is 6.92 Å². The van der Waals surface area contributed by atoms with Gasteiger partial charge in [-0.25, -0.2) is 4.39 Å². The van der Waals surface area contributed by atoms with Crippen LogP contribution in [0.2, 0.25) is 0 Å². The van der Waals surface area contributed by atoms with Crippen molar-refractivity contribution in [2.24, 2.45) is 0 Å². The third kappa shape index (κ3) is 5.60. The van der Waals surface area contributed by atoms with Crippen molar-refractivity contribution >= 4 is 11.6 Å². The molecule has 0 saturated carbocycles. The maximum Gasteiger partial charge on any atom is 0.387 e. The average Bonchev–Trinajstić information content (AvgIpc) is 2.32. The molecule has 2 N–H and O–H groups in total. The van der Waals surface area contributed by atoms with Crippen molar-refractivity contribution in [3.63, 3.8) is 0 Å². The Balaban J connectivity index is 2.55. The molecule has 1 aromatic rings. The Morgan fingerprint density at radius 3 is 2.74 bits per heavy atom. The molecule has 0 saturated heterocycles. The standard InChI is InChI=1S/C12H15F3N2O2/c1-2-16-6-5-11(18)17-8-3-4-10(9(13)7-8)19-12(14)15/h3-4,7,12,16H,2,5-6H2,1H3,(H,17,18). The summed E-state index contributed by atoms with van der Waals surface area (Å²) in [4.78, 5) is 11.4. The van der Waals surface area contributed by atoms with E-state index in [4.69, 9.17) is 0 Å². The largest absolute Gasteiger partial charge is 0.432 e. The number of alkyl halides is 2. The van der Waals surface area contributed by atoms with Crippen molar-refractivity contribution in [1.29, 1.82) is 0 Å². The predicted molar refractivity (Wildman–Crippen MR) is 64.8 cm³/mol. The fraction of sp³-hybridized carbons (Fsp3) is 0.417. The van der Waals surface area contributed by atoms with Gasteiger partial charge in [-0.3, -0.25) is 4.79 Å². The van der Waals surface area contributed by atoms with E-state index in [1.165, 1.54) is 6.07 Å². The smallest absolute Gasteiger partial charge is 0.387 e. The second kappa shape index (κ2) is 7.63. The first kappa shape index (κ1) is 15.3. The van der Waals surface area contributed by atoms with Crippen molar-refractivity contribution in [3.8, 4) is 5.75 Å².